The van der Waals surface area contributed by atoms with Gasteiger partial charge in [-0.05, 0) is 49.6 Å². The molecule has 1 aliphatic rings. The topological polar surface area (TPSA) is 56.6 Å². The molecule has 0 spiro atoms. The van der Waals surface area contributed by atoms with E-state index in [1.165, 1.54) is 6.42 Å². The molecule has 1 amide bonds. The van der Waals surface area contributed by atoms with Crippen LogP contribution in [-0.4, -0.2) is 54.0 Å². The third-order valence-electron chi connectivity index (χ3n) is 4.24. The number of rotatable bonds is 5. The Labute approximate surface area is 142 Å². The van der Waals surface area contributed by atoms with Crippen LogP contribution in [0.4, 0.5) is 0 Å². The Kier molecular flexibility index (Phi) is 5.15. The molecule has 1 fully saturated rings. The zero-order valence-electron chi connectivity index (χ0n) is 14.1. The Balaban J connectivity index is 1.65. The number of amides is 1. The molecule has 0 aliphatic carbocycles. The van der Waals surface area contributed by atoms with Crippen LogP contribution in [0, 0.1) is 0 Å². The molecule has 1 saturated heterocycles. The number of ether oxygens (including phenoxy) is 2. The highest BCUT2D eigenvalue weighted by Crippen LogP contribution is 2.16. The summed E-state index contributed by atoms with van der Waals surface area (Å²) in [5.41, 5.74) is 1.32. The van der Waals surface area contributed by atoms with Gasteiger partial charge >= 0.3 is 0 Å². The first kappa shape index (κ1) is 16.5. The summed E-state index contributed by atoms with van der Waals surface area (Å²) in [4.78, 5) is 14.2. The van der Waals surface area contributed by atoms with Gasteiger partial charge in [0, 0.05) is 26.4 Å². The van der Waals surface area contributed by atoms with E-state index in [9.17, 15) is 4.79 Å². The number of nitrogens with zero attached hydrogens (tertiary/aromatic N) is 3. The molecule has 1 aromatic carbocycles. The van der Waals surface area contributed by atoms with E-state index in [0.717, 1.165) is 30.9 Å². The first-order chi connectivity index (χ1) is 11.7. The van der Waals surface area contributed by atoms with Gasteiger partial charge in [0.15, 0.2) is 5.69 Å². The van der Waals surface area contributed by atoms with Crippen molar-refractivity contribution in [2.24, 2.45) is 0 Å². The van der Waals surface area contributed by atoms with Crippen molar-refractivity contribution < 1.29 is 14.3 Å². The van der Waals surface area contributed by atoms with Gasteiger partial charge in [-0.15, -0.1) is 0 Å². The van der Waals surface area contributed by atoms with Gasteiger partial charge in [0.1, 0.15) is 5.75 Å². The van der Waals surface area contributed by atoms with Crippen LogP contribution in [0.1, 0.15) is 29.8 Å². The zero-order valence-corrected chi connectivity index (χ0v) is 14.1. The monoisotopic (exact) mass is 329 g/mol. The molecular formula is C18H23N3O3. The number of carbonyl (C=O) groups excluding carboxylic acids is 1. The number of carbonyl (C=O) groups is 1. The lowest BCUT2D eigenvalue weighted by Gasteiger charge is -2.27. The molecule has 6 heteroatoms. The lowest BCUT2D eigenvalue weighted by atomic mass is 10.1. The first-order valence-corrected chi connectivity index (χ1v) is 8.24. The van der Waals surface area contributed by atoms with Crippen LogP contribution in [0.3, 0.4) is 0 Å². The molecule has 0 saturated carbocycles. The van der Waals surface area contributed by atoms with Gasteiger partial charge in [-0.25, -0.2) is 4.68 Å². The molecular weight excluding hydrogens is 306 g/mol. The molecule has 0 N–H and O–H groups in total. The minimum atomic E-state index is -0.0866. The number of hydrogen-bond donors (Lipinski definition) is 0. The fourth-order valence-corrected chi connectivity index (χ4v) is 2.85. The Morgan fingerprint density at radius 1 is 1.33 bits per heavy atom. The summed E-state index contributed by atoms with van der Waals surface area (Å²) >= 11 is 0. The van der Waals surface area contributed by atoms with Crippen LogP contribution in [0.15, 0.2) is 36.5 Å². The maximum Gasteiger partial charge on any atom is 0.274 e. The average Bonchev–Trinajstić information content (AvgIpc) is 3.12. The predicted octanol–water partition coefficient (Wildman–Crippen LogP) is 2.52. The lowest BCUT2D eigenvalue weighted by Crippen LogP contribution is -2.37. The molecule has 6 nitrogen and oxygen atoms in total. The highest BCUT2D eigenvalue weighted by molar-refractivity contribution is 5.92. The molecule has 3 rings (SSSR count). The number of hydrogen-bond acceptors (Lipinski definition) is 4. The van der Waals surface area contributed by atoms with E-state index in [2.05, 4.69) is 5.10 Å². The van der Waals surface area contributed by atoms with Crippen LogP contribution in [0.25, 0.3) is 5.69 Å². The molecule has 2 heterocycles. The SMILES string of the molecule is COc1ccc(-n2ccc(C(=O)N(C)C[C@@H]3CCCCO3)n2)cc1. The fourth-order valence-electron chi connectivity index (χ4n) is 2.85. The smallest absolute Gasteiger partial charge is 0.274 e. The van der Waals surface area contributed by atoms with Gasteiger partial charge in [0.05, 0.1) is 18.9 Å². The lowest BCUT2D eigenvalue weighted by molar-refractivity contribution is -0.000297. The third kappa shape index (κ3) is 3.76. The van der Waals surface area contributed by atoms with Crippen LogP contribution in [-0.2, 0) is 4.74 Å². The number of benzene rings is 1. The van der Waals surface area contributed by atoms with Crippen molar-refractivity contribution in [1.82, 2.24) is 14.7 Å². The largest absolute Gasteiger partial charge is 0.497 e. The van der Waals surface area contributed by atoms with Crippen molar-refractivity contribution in [3.8, 4) is 11.4 Å². The van der Waals surface area contributed by atoms with Gasteiger partial charge in [-0.2, -0.15) is 5.10 Å². The minimum Gasteiger partial charge on any atom is -0.497 e. The van der Waals surface area contributed by atoms with Crippen LogP contribution in [0.2, 0.25) is 0 Å². The average molecular weight is 329 g/mol. The molecule has 24 heavy (non-hydrogen) atoms. The van der Waals surface area contributed by atoms with Crippen molar-refractivity contribution >= 4 is 5.91 Å². The summed E-state index contributed by atoms with van der Waals surface area (Å²) < 4.78 is 12.5. The van der Waals surface area contributed by atoms with Crippen LogP contribution in [0.5, 0.6) is 5.75 Å². The van der Waals surface area contributed by atoms with Crippen molar-refractivity contribution in [2.45, 2.75) is 25.4 Å². The summed E-state index contributed by atoms with van der Waals surface area (Å²) in [6, 6.07) is 9.28. The molecule has 1 aliphatic heterocycles. The van der Waals surface area contributed by atoms with E-state index in [1.54, 1.807) is 36.0 Å². The van der Waals surface area contributed by atoms with E-state index >= 15 is 0 Å². The third-order valence-corrected chi connectivity index (χ3v) is 4.24. The second-order valence-corrected chi connectivity index (χ2v) is 6.02. The van der Waals surface area contributed by atoms with E-state index < -0.39 is 0 Å². The summed E-state index contributed by atoms with van der Waals surface area (Å²) in [6.45, 7) is 1.40. The van der Waals surface area contributed by atoms with Gasteiger partial charge in [-0.1, -0.05) is 0 Å². The summed E-state index contributed by atoms with van der Waals surface area (Å²) in [5, 5.41) is 4.39. The predicted molar refractivity (Wildman–Crippen MR) is 90.7 cm³/mol. The molecule has 0 unspecified atom stereocenters. The summed E-state index contributed by atoms with van der Waals surface area (Å²) in [5.74, 6) is 0.700. The van der Waals surface area contributed by atoms with E-state index in [1.807, 2.05) is 24.3 Å². The molecule has 1 aromatic heterocycles. The minimum absolute atomic E-state index is 0.0866. The van der Waals surface area contributed by atoms with Crippen LogP contribution >= 0.6 is 0 Å². The highest BCUT2D eigenvalue weighted by atomic mass is 16.5. The second kappa shape index (κ2) is 7.49. The Hall–Kier alpha value is -2.34. The molecule has 0 bridgehead atoms. The number of methoxy groups -OCH3 is 1. The number of aromatic nitrogens is 2. The molecule has 2 aromatic rings. The maximum atomic E-state index is 12.5. The maximum absolute atomic E-state index is 12.5. The van der Waals surface area contributed by atoms with Crippen molar-refractivity contribution in [2.75, 3.05) is 27.3 Å². The summed E-state index contributed by atoms with van der Waals surface area (Å²) in [6.07, 6.45) is 5.22. The van der Waals surface area contributed by atoms with Gasteiger partial charge < -0.3 is 14.4 Å². The standard InChI is InChI=1S/C18H23N3O3/c1-20(13-16-5-3-4-12-24-16)18(22)17-10-11-21(19-17)14-6-8-15(23-2)9-7-14/h6-11,16H,3-5,12-13H2,1-2H3/t16-/m0/s1. The van der Waals surface area contributed by atoms with Crippen molar-refractivity contribution in [1.29, 1.82) is 0 Å². The van der Waals surface area contributed by atoms with Crippen molar-refractivity contribution in [3.63, 3.8) is 0 Å². The molecule has 0 radical (unpaired) electrons. The zero-order chi connectivity index (χ0) is 16.9. The first-order valence-electron chi connectivity index (χ1n) is 8.24. The molecule has 1 atom stereocenters. The fraction of sp³-hybridized carbons (Fsp3) is 0.444. The van der Waals surface area contributed by atoms with E-state index in [-0.39, 0.29) is 12.0 Å². The van der Waals surface area contributed by atoms with Gasteiger partial charge in [0.2, 0.25) is 0 Å². The van der Waals surface area contributed by atoms with Gasteiger partial charge in [0.25, 0.3) is 5.91 Å². The normalized spacial score (nSPS) is 17.5. The van der Waals surface area contributed by atoms with Crippen molar-refractivity contribution in [3.05, 3.63) is 42.2 Å². The van der Waals surface area contributed by atoms with Crippen LogP contribution < -0.4 is 4.74 Å². The Bertz CT molecular complexity index is 675. The van der Waals surface area contributed by atoms with E-state index in [0.29, 0.717) is 12.2 Å². The van der Waals surface area contributed by atoms with E-state index in [4.69, 9.17) is 9.47 Å². The second-order valence-electron chi connectivity index (χ2n) is 6.02. The highest BCUT2D eigenvalue weighted by Gasteiger charge is 2.21. The Morgan fingerprint density at radius 3 is 2.79 bits per heavy atom. The Morgan fingerprint density at radius 2 is 2.12 bits per heavy atom. The summed E-state index contributed by atoms with van der Waals surface area (Å²) in [7, 11) is 3.43. The number of likely N-dealkylation sites (N-methyl/N-ethyl adjacent to an activating group) is 1. The molecule has 128 valence electrons. The van der Waals surface area contributed by atoms with Gasteiger partial charge in [-0.3, -0.25) is 4.79 Å². The quantitative estimate of drug-likeness (QED) is 0.846.